The van der Waals surface area contributed by atoms with Crippen LogP contribution in [0.15, 0.2) is 36.4 Å². The number of rotatable bonds is 2. The second-order valence-corrected chi connectivity index (χ2v) is 3.93. The molecular formula is C14H16. The molecule has 0 aliphatic carbocycles. The predicted octanol–water partition coefficient (Wildman–Crippen LogP) is 4.10. The Morgan fingerprint density at radius 2 is 1.71 bits per heavy atom. The molecule has 2 aromatic carbocycles. The molecule has 0 heterocycles. The van der Waals surface area contributed by atoms with Gasteiger partial charge in [-0.3, -0.25) is 0 Å². The van der Waals surface area contributed by atoms with Crippen LogP contribution in [0, 0.1) is 6.92 Å². The van der Waals surface area contributed by atoms with Gasteiger partial charge < -0.3 is 0 Å². The van der Waals surface area contributed by atoms with Crippen LogP contribution in [0.25, 0.3) is 10.8 Å². The molecule has 0 aromatic heterocycles. The maximum atomic E-state index is 2.31. The molecule has 0 saturated carbocycles. The van der Waals surface area contributed by atoms with Crippen molar-refractivity contribution in [1.82, 2.24) is 0 Å². The van der Waals surface area contributed by atoms with E-state index in [9.17, 15) is 0 Å². The SMILES string of the molecule is CCCc1ccc2ccc(C)cc2c1. The molecule has 2 rings (SSSR count). The minimum absolute atomic E-state index is 1.18. The van der Waals surface area contributed by atoms with Crippen LogP contribution in [0.3, 0.4) is 0 Å². The summed E-state index contributed by atoms with van der Waals surface area (Å²) in [5, 5.41) is 2.71. The summed E-state index contributed by atoms with van der Waals surface area (Å²) in [6.07, 6.45) is 2.40. The van der Waals surface area contributed by atoms with Crippen LogP contribution < -0.4 is 0 Å². The maximum Gasteiger partial charge on any atom is -0.0179 e. The van der Waals surface area contributed by atoms with Gasteiger partial charge in [-0.15, -0.1) is 0 Å². The van der Waals surface area contributed by atoms with E-state index in [1.54, 1.807) is 0 Å². The van der Waals surface area contributed by atoms with E-state index in [-0.39, 0.29) is 0 Å². The Balaban J connectivity index is 2.52. The van der Waals surface area contributed by atoms with Gasteiger partial charge in [0.2, 0.25) is 0 Å². The third kappa shape index (κ3) is 1.79. The van der Waals surface area contributed by atoms with Crippen LogP contribution in [0.2, 0.25) is 0 Å². The van der Waals surface area contributed by atoms with Crippen molar-refractivity contribution >= 4 is 10.8 Å². The lowest BCUT2D eigenvalue weighted by Gasteiger charge is -2.03. The topological polar surface area (TPSA) is 0 Å². The third-order valence-electron chi connectivity index (χ3n) is 2.60. The minimum atomic E-state index is 1.18. The zero-order chi connectivity index (χ0) is 9.97. The Hall–Kier alpha value is -1.30. The van der Waals surface area contributed by atoms with E-state index in [0.29, 0.717) is 0 Å². The van der Waals surface area contributed by atoms with Crippen molar-refractivity contribution in [2.75, 3.05) is 0 Å². The summed E-state index contributed by atoms with van der Waals surface area (Å²) in [4.78, 5) is 0. The summed E-state index contributed by atoms with van der Waals surface area (Å²) in [7, 11) is 0. The van der Waals surface area contributed by atoms with Crippen molar-refractivity contribution in [3.05, 3.63) is 47.5 Å². The van der Waals surface area contributed by atoms with Crippen molar-refractivity contribution in [1.29, 1.82) is 0 Å². The number of fused-ring (bicyclic) bond motifs is 1. The lowest BCUT2D eigenvalue weighted by Crippen LogP contribution is -1.83. The Morgan fingerprint density at radius 3 is 2.50 bits per heavy atom. The van der Waals surface area contributed by atoms with Crippen molar-refractivity contribution in [3.8, 4) is 0 Å². The summed E-state index contributed by atoms with van der Waals surface area (Å²) >= 11 is 0. The third-order valence-corrected chi connectivity index (χ3v) is 2.60. The number of hydrogen-bond acceptors (Lipinski definition) is 0. The van der Waals surface area contributed by atoms with Gasteiger partial charge in [0, 0.05) is 0 Å². The van der Waals surface area contributed by atoms with Crippen LogP contribution >= 0.6 is 0 Å². The molecule has 0 unspecified atom stereocenters. The van der Waals surface area contributed by atoms with Crippen molar-refractivity contribution < 1.29 is 0 Å². The predicted molar refractivity (Wildman–Crippen MR) is 62.7 cm³/mol. The number of hydrogen-bond donors (Lipinski definition) is 0. The van der Waals surface area contributed by atoms with Crippen LogP contribution in [-0.2, 0) is 6.42 Å². The van der Waals surface area contributed by atoms with Gasteiger partial charge in [-0.2, -0.15) is 0 Å². The summed E-state index contributed by atoms with van der Waals surface area (Å²) in [5.74, 6) is 0. The molecule has 2 aromatic rings. The van der Waals surface area contributed by atoms with Crippen LogP contribution in [0.4, 0.5) is 0 Å². The average Bonchev–Trinajstić information content (AvgIpc) is 2.17. The highest BCUT2D eigenvalue weighted by Crippen LogP contribution is 2.18. The van der Waals surface area contributed by atoms with E-state index in [2.05, 4.69) is 50.2 Å². The second-order valence-electron chi connectivity index (χ2n) is 3.93. The van der Waals surface area contributed by atoms with E-state index in [1.807, 2.05) is 0 Å². The monoisotopic (exact) mass is 184 g/mol. The molecule has 0 heteroatoms. The standard InChI is InChI=1S/C14H16/c1-3-4-12-6-8-13-7-5-11(2)9-14(13)10-12/h5-10H,3-4H2,1-2H3. The van der Waals surface area contributed by atoms with Gasteiger partial charge in [0.15, 0.2) is 0 Å². The first-order chi connectivity index (χ1) is 6.79. The Kier molecular flexibility index (Phi) is 2.53. The van der Waals surface area contributed by atoms with E-state index in [1.165, 1.54) is 34.7 Å². The van der Waals surface area contributed by atoms with E-state index < -0.39 is 0 Å². The maximum absolute atomic E-state index is 2.31. The Labute approximate surface area is 85.6 Å². The highest BCUT2D eigenvalue weighted by Gasteiger charge is 1.96. The summed E-state index contributed by atoms with van der Waals surface area (Å²) in [6, 6.07) is 13.4. The molecule has 0 N–H and O–H groups in total. The van der Waals surface area contributed by atoms with Gasteiger partial charge in [0.05, 0.1) is 0 Å². The molecule has 0 atom stereocenters. The molecule has 0 aliphatic rings. The normalized spacial score (nSPS) is 10.7. The first kappa shape index (κ1) is 9.26. The molecule has 0 saturated heterocycles. The smallest absolute Gasteiger partial charge is 0.0179 e. The molecular weight excluding hydrogens is 168 g/mol. The molecule has 14 heavy (non-hydrogen) atoms. The van der Waals surface area contributed by atoms with Gasteiger partial charge in [0.1, 0.15) is 0 Å². The van der Waals surface area contributed by atoms with Crippen molar-refractivity contribution in [2.45, 2.75) is 26.7 Å². The second kappa shape index (κ2) is 3.83. The molecule has 0 nitrogen and oxygen atoms in total. The first-order valence-corrected chi connectivity index (χ1v) is 5.29. The highest BCUT2D eigenvalue weighted by atomic mass is 14.0. The molecule has 0 fully saturated rings. The van der Waals surface area contributed by atoms with Crippen LogP contribution in [0.5, 0.6) is 0 Å². The van der Waals surface area contributed by atoms with Gasteiger partial charge in [-0.25, -0.2) is 0 Å². The molecule has 0 radical (unpaired) electrons. The summed E-state index contributed by atoms with van der Waals surface area (Å²) in [6.45, 7) is 4.37. The molecule has 0 bridgehead atoms. The quantitative estimate of drug-likeness (QED) is 0.659. The fourth-order valence-corrected chi connectivity index (χ4v) is 1.86. The first-order valence-electron chi connectivity index (χ1n) is 5.29. The fraction of sp³-hybridized carbons (Fsp3) is 0.286. The van der Waals surface area contributed by atoms with Crippen LogP contribution in [0.1, 0.15) is 24.5 Å². The lowest BCUT2D eigenvalue weighted by molar-refractivity contribution is 0.924. The Morgan fingerprint density at radius 1 is 0.929 bits per heavy atom. The van der Waals surface area contributed by atoms with E-state index in [0.717, 1.165) is 0 Å². The summed E-state index contributed by atoms with van der Waals surface area (Å²) in [5.41, 5.74) is 2.79. The van der Waals surface area contributed by atoms with E-state index in [4.69, 9.17) is 0 Å². The van der Waals surface area contributed by atoms with Gasteiger partial charge >= 0.3 is 0 Å². The van der Waals surface area contributed by atoms with Gasteiger partial charge in [0.25, 0.3) is 0 Å². The fourth-order valence-electron chi connectivity index (χ4n) is 1.86. The zero-order valence-corrected chi connectivity index (χ0v) is 8.88. The van der Waals surface area contributed by atoms with Crippen LogP contribution in [-0.4, -0.2) is 0 Å². The molecule has 0 spiro atoms. The lowest BCUT2D eigenvalue weighted by atomic mass is 10.0. The summed E-state index contributed by atoms with van der Waals surface area (Å²) < 4.78 is 0. The average molecular weight is 184 g/mol. The molecule has 0 aliphatic heterocycles. The largest absolute Gasteiger partial charge is 0.0651 e. The highest BCUT2D eigenvalue weighted by molar-refractivity contribution is 5.83. The number of benzene rings is 2. The minimum Gasteiger partial charge on any atom is -0.0651 e. The zero-order valence-electron chi connectivity index (χ0n) is 8.88. The Bertz CT molecular complexity index is 441. The van der Waals surface area contributed by atoms with Gasteiger partial charge in [-0.05, 0) is 29.7 Å². The van der Waals surface area contributed by atoms with Crippen molar-refractivity contribution in [3.63, 3.8) is 0 Å². The van der Waals surface area contributed by atoms with Crippen molar-refractivity contribution in [2.24, 2.45) is 0 Å². The molecule has 72 valence electrons. The van der Waals surface area contributed by atoms with E-state index >= 15 is 0 Å². The van der Waals surface area contributed by atoms with Gasteiger partial charge in [-0.1, -0.05) is 55.3 Å². The molecule has 0 amide bonds. The number of aryl methyl sites for hydroxylation is 2.